The smallest absolute Gasteiger partial charge is 0.0512 e. The van der Waals surface area contributed by atoms with Crippen LogP contribution in [0.25, 0.3) is 0 Å². The van der Waals surface area contributed by atoms with Crippen molar-refractivity contribution in [2.45, 2.75) is 77.2 Å². The second-order valence-corrected chi connectivity index (χ2v) is 7.50. The van der Waals surface area contributed by atoms with Gasteiger partial charge in [0.05, 0.1) is 6.10 Å². The van der Waals surface area contributed by atoms with E-state index in [4.69, 9.17) is 5.11 Å². The van der Waals surface area contributed by atoms with Crippen molar-refractivity contribution in [3.05, 3.63) is 0 Å². The van der Waals surface area contributed by atoms with Gasteiger partial charge in [-0.1, -0.05) is 51.4 Å². The molecule has 1 unspecified atom stereocenters. The standard InChI is InChI=1S/C17H35NOS/c1-17(19)11-9-7-5-3-2-4-6-8-10-12-18-13-15-20-16-14-18/h17,19H,2-16H2,1H3. The van der Waals surface area contributed by atoms with Gasteiger partial charge in [0.2, 0.25) is 0 Å². The maximum absolute atomic E-state index is 9.17. The molecule has 0 aromatic rings. The molecule has 0 amide bonds. The first-order valence-electron chi connectivity index (χ1n) is 8.77. The zero-order chi connectivity index (χ0) is 14.5. The molecule has 0 spiro atoms. The molecule has 0 aromatic heterocycles. The summed E-state index contributed by atoms with van der Waals surface area (Å²) < 4.78 is 0. The maximum atomic E-state index is 9.17. The van der Waals surface area contributed by atoms with Gasteiger partial charge in [0.1, 0.15) is 0 Å². The van der Waals surface area contributed by atoms with E-state index in [0.717, 1.165) is 6.42 Å². The van der Waals surface area contributed by atoms with Gasteiger partial charge in [-0.05, 0) is 26.3 Å². The summed E-state index contributed by atoms with van der Waals surface area (Å²) in [5.41, 5.74) is 0. The fourth-order valence-electron chi connectivity index (χ4n) is 2.84. The first kappa shape index (κ1) is 18.3. The van der Waals surface area contributed by atoms with Crippen molar-refractivity contribution in [1.29, 1.82) is 0 Å². The number of nitrogens with zero attached hydrogens (tertiary/aromatic N) is 1. The fourth-order valence-corrected chi connectivity index (χ4v) is 3.82. The van der Waals surface area contributed by atoms with E-state index in [1.165, 1.54) is 88.9 Å². The molecule has 0 radical (unpaired) electrons. The number of aliphatic hydroxyl groups excluding tert-OH is 1. The first-order valence-corrected chi connectivity index (χ1v) is 9.92. The second kappa shape index (κ2) is 13.0. The largest absolute Gasteiger partial charge is 0.393 e. The van der Waals surface area contributed by atoms with E-state index >= 15 is 0 Å². The molecule has 0 bridgehead atoms. The molecule has 0 aliphatic carbocycles. The predicted octanol–water partition coefficient (Wildman–Crippen LogP) is 4.32. The van der Waals surface area contributed by atoms with E-state index < -0.39 is 0 Å². The van der Waals surface area contributed by atoms with Crippen LogP contribution >= 0.6 is 11.8 Å². The Hall–Kier alpha value is 0.270. The minimum absolute atomic E-state index is 0.103. The third-order valence-corrected chi connectivity index (χ3v) is 5.14. The quantitative estimate of drug-likeness (QED) is 0.543. The molecule has 20 heavy (non-hydrogen) atoms. The van der Waals surface area contributed by atoms with E-state index in [0.29, 0.717) is 0 Å². The lowest BCUT2D eigenvalue weighted by Gasteiger charge is -2.25. The molecule has 1 atom stereocenters. The van der Waals surface area contributed by atoms with Gasteiger partial charge in [-0.15, -0.1) is 0 Å². The molecule has 1 aliphatic heterocycles. The van der Waals surface area contributed by atoms with Gasteiger partial charge in [-0.2, -0.15) is 11.8 Å². The van der Waals surface area contributed by atoms with Crippen LogP contribution in [-0.4, -0.2) is 47.3 Å². The minimum atomic E-state index is -0.103. The first-order chi connectivity index (χ1) is 9.79. The van der Waals surface area contributed by atoms with Crippen LogP contribution in [0.15, 0.2) is 0 Å². The summed E-state index contributed by atoms with van der Waals surface area (Å²) in [7, 11) is 0. The monoisotopic (exact) mass is 301 g/mol. The molecule has 1 fully saturated rings. The summed E-state index contributed by atoms with van der Waals surface area (Å²) in [5, 5.41) is 9.17. The third-order valence-electron chi connectivity index (χ3n) is 4.20. The second-order valence-electron chi connectivity index (χ2n) is 6.27. The zero-order valence-corrected chi connectivity index (χ0v) is 14.3. The van der Waals surface area contributed by atoms with Crippen LogP contribution in [0.3, 0.4) is 0 Å². The molecule has 1 saturated heterocycles. The number of thioether (sulfide) groups is 1. The highest BCUT2D eigenvalue weighted by Crippen LogP contribution is 2.13. The molecule has 1 rings (SSSR count). The summed E-state index contributed by atoms with van der Waals surface area (Å²) in [4.78, 5) is 2.64. The Balaban J connectivity index is 1.72. The van der Waals surface area contributed by atoms with Crippen molar-refractivity contribution in [3.8, 4) is 0 Å². The van der Waals surface area contributed by atoms with Crippen molar-refractivity contribution in [2.24, 2.45) is 0 Å². The topological polar surface area (TPSA) is 23.5 Å². The van der Waals surface area contributed by atoms with Gasteiger partial charge in [-0.3, -0.25) is 0 Å². The summed E-state index contributed by atoms with van der Waals surface area (Å²) in [6.45, 7) is 5.86. The van der Waals surface area contributed by atoms with E-state index in [1.807, 2.05) is 6.92 Å². The van der Waals surface area contributed by atoms with Gasteiger partial charge in [-0.25, -0.2) is 0 Å². The SMILES string of the molecule is CC(O)CCCCCCCCCCCN1CCSCC1. The number of aliphatic hydroxyl groups is 1. The highest BCUT2D eigenvalue weighted by Gasteiger charge is 2.08. The normalized spacial score (nSPS) is 18.3. The molecule has 0 saturated carbocycles. The third kappa shape index (κ3) is 11.0. The van der Waals surface area contributed by atoms with Crippen LogP contribution in [0.5, 0.6) is 0 Å². The van der Waals surface area contributed by atoms with Crippen LogP contribution in [0.4, 0.5) is 0 Å². The number of rotatable bonds is 12. The average molecular weight is 302 g/mol. The van der Waals surface area contributed by atoms with Crippen LogP contribution in [-0.2, 0) is 0 Å². The lowest BCUT2D eigenvalue weighted by atomic mass is 10.1. The van der Waals surface area contributed by atoms with Crippen molar-refractivity contribution < 1.29 is 5.11 Å². The van der Waals surface area contributed by atoms with Crippen LogP contribution in [0.2, 0.25) is 0 Å². The average Bonchev–Trinajstić information content (AvgIpc) is 2.45. The summed E-state index contributed by atoms with van der Waals surface area (Å²) in [6, 6.07) is 0. The molecule has 2 nitrogen and oxygen atoms in total. The Kier molecular flexibility index (Phi) is 11.9. The highest BCUT2D eigenvalue weighted by atomic mass is 32.2. The molecule has 1 heterocycles. The Morgan fingerprint density at radius 1 is 0.850 bits per heavy atom. The van der Waals surface area contributed by atoms with Crippen molar-refractivity contribution in [3.63, 3.8) is 0 Å². The maximum Gasteiger partial charge on any atom is 0.0512 e. The summed E-state index contributed by atoms with van der Waals surface area (Å²) >= 11 is 2.10. The molecule has 0 aromatic carbocycles. The number of unbranched alkanes of at least 4 members (excludes halogenated alkanes) is 8. The van der Waals surface area contributed by atoms with Gasteiger partial charge in [0, 0.05) is 24.6 Å². The van der Waals surface area contributed by atoms with Gasteiger partial charge >= 0.3 is 0 Å². The number of hydrogen-bond acceptors (Lipinski definition) is 3. The molecule has 120 valence electrons. The van der Waals surface area contributed by atoms with Crippen molar-refractivity contribution >= 4 is 11.8 Å². The Labute approximate surface area is 130 Å². The molecule has 1 N–H and O–H groups in total. The van der Waals surface area contributed by atoms with Gasteiger partial charge in [0.25, 0.3) is 0 Å². The van der Waals surface area contributed by atoms with Crippen molar-refractivity contribution in [2.75, 3.05) is 31.1 Å². The van der Waals surface area contributed by atoms with Crippen LogP contribution < -0.4 is 0 Å². The minimum Gasteiger partial charge on any atom is -0.393 e. The molecular formula is C17H35NOS. The van der Waals surface area contributed by atoms with E-state index in [-0.39, 0.29) is 6.10 Å². The van der Waals surface area contributed by atoms with Gasteiger partial charge in [0.15, 0.2) is 0 Å². The Morgan fingerprint density at radius 2 is 1.35 bits per heavy atom. The van der Waals surface area contributed by atoms with Gasteiger partial charge < -0.3 is 10.0 Å². The fraction of sp³-hybridized carbons (Fsp3) is 1.00. The van der Waals surface area contributed by atoms with E-state index in [1.54, 1.807) is 0 Å². The van der Waals surface area contributed by atoms with E-state index in [9.17, 15) is 0 Å². The number of hydrogen-bond donors (Lipinski definition) is 1. The Morgan fingerprint density at radius 3 is 1.90 bits per heavy atom. The zero-order valence-electron chi connectivity index (χ0n) is 13.5. The Bertz CT molecular complexity index is 205. The highest BCUT2D eigenvalue weighted by molar-refractivity contribution is 7.99. The summed E-state index contributed by atoms with van der Waals surface area (Å²) in [5.74, 6) is 2.68. The molecule has 3 heteroatoms. The lowest BCUT2D eigenvalue weighted by Crippen LogP contribution is -2.33. The lowest BCUT2D eigenvalue weighted by molar-refractivity contribution is 0.180. The van der Waals surface area contributed by atoms with Crippen molar-refractivity contribution in [1.82, 2.24) is 4.90 Å². The molecule has 1 aliphatic rings. The van der Waals surface area contributed by atoms with Crippen LogP contribution in [0, 0.1) is 0 Å². The van der Waals surface area contributed by atoms with Crippen LogP contribution in [0.1, 0.15) is 71.1 Å². The predicted molar refractivity (Wildman–Crippen MR) is 91.6 cm³/mol. The van der Waals surface area contributed by atoms with E-state index in [2.05, 4.69) is 16.7 Å². The molecular weight excluding hydrogens is 266 g/mol. The summed E-state index contributed by atoms with van der Waals surface area (Å²) in [6.07, 6.45) is 13.2.